The van der Waals surface area contributed by atoms with Crippen LogP contribution in [0.25, 0.3) is 10.2 Å². The Hall–Kier alpha value is -1.13. The second-order valence-corrected chi connectivity index (χ2v) is 6.18. The van der Waals surface area contributed by atoms with Crippen LogP contribution in [0.5, 0.6) is 5.75 Å². The highest BCUT2D eigenvalue weighted by Gasteiger charge is 2.09. The van der Waals surface area contributed by atoms with Crippen molar-refractivity contribution in [3.8, 4) is 5.75 Å². The molecule has 0 aliphatic rings. The molecule has 0 saturated heterocycles. The number of ether oxygens (including phenoxy) is 1. The fourth-order valence-corrected chi connectivity index (χ4v) is 3.44. The third-order valence-electron chi connectivity index (χ3n) is 3.63. The summed E-state index contributed by atoms with van der Waals surface area (Å²) in [7, 11) is 0. The van der Waals surface area contributed by atoms with Crippen molar-refractivity contribution in [2.24, 2.45) is 11.7 Å². The van der Waals surface area contributed by atoms with Crippen LogP contribution >= 0.6 is 11.3 Å². The number of rotatable bonds is 8. The van der Waals surface area contributed by atoms with Gasteiger partial charge in [-0.3, -0.25) is 0 Å². The quantitative estimate of drug-likeness (QED) is 0.800. The summed E-state index contributed by atoms with van der Waals surface area (Å²) in [4.78, 5) is 4.71. The summed E-state index contributed by atoms with van der Waals surface area (Å²) < 4.78 is 6.76. The van der Waals surface area contributed by atoms with Gasteiger partial charge in [0.2, 0.25) is 0 Å². The highest BCUT2D eigenvalue weighted by molar-refractivity contribution is 7.18. The molecule has 2 rings (SSSR count). The number of benzene rings is 1. The molecule has 0 aliphatic heterocycles. The van der Waals surface area contributed by atoms with Crippen molar-refractivity contribution in [3.63, 3.8) is 0 Å². The summed E-state index contributed by atoms with van der Waals surface area (Å²) in [5.41, 5.74) is 6.74. The van der Waals surface area contributed by atoms with Gasteiger partial charge in [-0.1, -0.05) is 13.3 Å². The van der Waals surface area contributed by atoms with Crippen molar-refractivity contribution in [3.05, 3.63) is 23.2 Å². The number of nitrogens with two attached hydrogens (primary N) is 1. The molecule has 20 heavy (non-hydrogen) atoms. The molecule has 1 unspecified atom stereocenters. The molecule has 0 saturated carbocycles. The molecule has 0 amide bonds. The van der Waals surface area contributed by atoms with E-state index in [-0.39, 0.29) is 0 Å². The molecule has 4 heteroatoms. The molecule has 0 spiro atoms. The van der Waals surface area contributed by atoms with E-state index in [1.165, 1.54) is 22.5 Å². The van der Waals surface area contributed by atoms with Gasteiger partial charge in [0.15, 0.2) is 0 Å². The number of aromatic nitrogens is 1. The smallest absolute Gasteiger partial charge is 0.120 e. The monoisotopic (exact) mass is 292 g/mol. The average molecular weight is 292 g/mol. The highest BCUT2D eigenvalue weighted by atomic mass is 32.1. The van der Waals surface area contributed by atoms with E-state index in [1.807, 2.05) is 13.0 Å². The Labute approximate surface area is 125 Å². The van der Waals surface area contributed by atoms with Crippen LogP contribution in [-0.4, -0.2) is 18.1 Å². The fraction of sp³-hybridized carbons (Fsp3) is 0.562. The zero-order valence-electron chi connectivity index (χ0n) is 12.4. The number of hydrogen-bond acceptors (Lipinski definition) is 4. The summed E-state index contributed by atoms with van der Waals surface area (Å²) >= 11 is 1.79. The minimum atomic E-state index is 0.703. The first kappa shape index (κ1) is 15.3. The Morgan fingerprint density at radius 1 is 1.30 bits per heavy atom. The molecule has 0 aliphatic carbocycles. The van der Waals surface area contributed by atoms with E-state index in [0.717, 1.165) is 36.6 Å². The first-order valence-electron chi connectivity index (χ1n) is 7.49. The zero-order valence-corrected chi connectivity index (χ0v) is 13.2. The number of thiazole rings is 1. The van der Waals surface area contributed by atoms with Crippen molar-refractivity contribution in [2.75, 3.05) is 13.2 Å². The molecule has 1 aromatic heterocycles. The highest BCUT2D eigenvalue weighted by Crippen LogP contribution is 2.28. The van der Waals surface area contributed by atoms with E-state index in [1.54, 1.807) is 11.3 Å². The molecule has 110 valence electrons. The van der Waals surface area contributed by atoms with Gasteiger partial charge in [0.1, 0.15) is 5.75 Å². The topological polar surface area (TPSA) is 48.1 Å². The molecular weight excluding hydrogens is 268 g/mol. The van der Waals surface area contributed by atoms with Gasteiger partial charge in [-0.05, 0) is 56.8 Å². The number of nitrogens with zero attached hydrogens (tertiary/aromatic N) is 1. The van der Waals surface area contributed by atoms with E-state index >= 15 is 0 Å². The third-order valence-corrected chi connectivity index (χ3v) is 4.71. The van der Waals surface area contributed by atoms with Gasteiger partial charge in [-0.2, -0.15) is 0 Å². The van der Waals surface area contributed by atoms with E-state index < -0.39 is 0 Å². The maximum absolute atomic E-state index is 5.65. The van der Waals surface area contributed by atoms with Gasteiger partial charge in [0.05, 0.1) is 21.8 Å². The zero-order chi connectivity index (χ0) is 14.4. The van der Waals surface area contributed by atoms with Gasteiger partial charge >= 0.3 is 0 Å². The predicted octanol–water partition coefficient (Wildman–Crippen LogP) is 4.00. The second kappa shape index (κ2) is 7.60. The van der Waals surface area contributed by atoms with Crippen LogP contribution in [0.3, 0.4) is 0 Å². The minimum Gasteiger partial charge on any atom is -0.494 e. The molecule has 0 bridgehead atoms. The summed E-state index contributed by atoms with van der Waals surface area (Å²) in [6, 6.07) is 6.15. The maximum atomic E-state index is 5.65. The first-order chi connectivity index (χ1) is 9.76. The standard InChI is InChI=1S/C16H24N2OS/c1-3-12(9-10-17)5-8-16-18-14-7-6-13(19-4-2)11-15(14)20-16/h6-7,11-12H,3-5,8-10,17H2,1-2H3. The van der Waals surface area contributed by atoms with Gasteiger partial charge in [0.25, 0.3) is 0 Å². The number of fused-ring (bicyclic) bond motifs is 1. The molecule has 0 fully saturated rings. The van der Waals surface area contributed by atoms with Crippen molar-refractivity contribution in [1.29, 1.82) is 0 Å². The fourth-order valence-electron chi connectivity index (χ4n) is 2.43. The summed E-state index contributed by atoms with van der Waals surface area (Å²) in [5.74, 6) is 1.66. The van der Waals surface area contributed by atoms with Gasteiger partial charge in [-0.25, -0.2) is 4.98 Å². The summed E-state index contributed by atoms with van der Waals surface area (Å²) in [5, 5.41) is 1.23. The molecule has 1 heterocycles. The van der Waals surface area contributed by atoms with Crippen molar-refractivity contribution in [1.82, 2.24) is 4.98 Å². The van der Waals surface area contributed by atoms with Crippen LogP contribution in [0, 0.1) is 5.92 Å². The van der Waals surface area contributed by atoms with Crippen molar-refractivity contribution < 1.29 is 4.74 Å². The van der Waals surface area contributed by atoms with Gasteiger partial charge in [0, 0.05) is 0 Å². The Morgan fingerprint density at radius 3 is 2.85 bits per heavy atom. The van der Waals surface area contributed by atoms with Crippen LogP contribution in [0.15, 0.2) is 18.2 Å². The van der Waals surface area contributed by atoms with Crippen molar-refractivity contribution >= 4 is 21.6 Å². The lowest BCUT2D eigenvalue weighted by molar-refractivity contribution is 0.341. The lowest BCUT2D eigenvalue weighted by atomic mass is 9.97. The third kappa shape index (κ3) is 3.93. The van der Waals surface area contributed by atoms with E-state index in [9.17, 15) is 0 Å². The predicted molar refractivity (Wildman–Crippen MR) is 86.6 cm³/mol. The molecule has 2 aromatic rings. The molecule has 1 atom stereocenters. The van der Waals surface area contributed by atoms with Crippen LogP contribution in [-0.2, 0) is 6.42 Å². The van der Waals surface area contributed by atoms with Gasteiger partial charge in [-0.15, -0.1) is 11.3 Å². The number of hydrogen-bond donors (Lipinski definition) is 1. The maximum Gasteiger partial charge on any atom is 0.120 e. The van der Waals surface area contributed by atoms with E-state index in [4.69, 9.17) is 15.5 Å². The SMILES string of the molecule is CCOc1ccc2nc(CCC(CC)CCN)sc2c1. The number of aryl methyl sites for hydroxylation is 1. The Bertz CT molecular complexity index is 538. The molecule has 2 N–H and O–H groups in total. The summed E-state index contributed by atoms with van der Waals surface area (Å²) in [6.07, 6.45) is 4.57. The van der Waals surface area contributed by atoms with E-state index in [0.29, 0.717) is 6.61 Å². The lowest BCUT2D eigenvalue weighted by Gasteiger charge is -2.11. The van der Waals surface area contributed by atoms with Gasteiger partial charge < -0.3 is 10.5 Å². The molecular formula is C16H24N2OS. The van der Waals surface area contributed by atoms with Crippen LogP contribution in [0.1, 0.15) is 38.1 Å². The Morgan fingerprint density at radius 2 is 2.15 bits per heavy atom. The first-order valence-corrected chi connectivity index (χ1v) is 8.30. The van der Waals surface area contributed by atoms with Crippen LogP contribution in [0.2, 0.25) is 0 Å². The van der Waals surface area contributed by atoms with Crippen molar-refractivity contribution in [2.45, 2.75) is 39.5 Å². The molecule has 3 nitrogen and oxygen atoms in total. The second-order valence-electron chi connectivity index (χ2n) is 5.06. The normalized spacial score (nSPS) is 12.8. The molecule has 0 radical (unpaired) electrons. The van der Waals surface area contributed by atoms with E-state index in [2.05, 4.69) is 19.1 Å². The Balaban J connectivity index is 2.03. The van der Waals surface area contributed by atoms with Crippen LogP contribution < -0.4 is 10.5 Å². The molecule has 1 aromatic carbocycles. The minimum absolute atomic E-state index is 0.703. The largest absolute Gasteiger partial charge is 0.494 e. The lowest BCUT2D eigenvalue weighted by Crippen LogP contribution is -2.08. The summed E-state index contributed by atoms with van der Waals surface area (Å²) in [6.45, 7) is 5.74. The Kier molecular flexibility index (Phi) is 5.80. The average Bonchev–Trinajstić information content (AvgIpc) is 2.86. The van der Waals surface area contributed by atoms with Crippen LogP contribution in [0.4, 0.5) is 0 Å².